The quantitative estimate of drug-likeness (QED) is 0.774. The van der Waals surface area contributed by atoms with E-state index in [-0.39, 0.29) is 6.03 Å². The van der Waals surface area contributed by atoms with Crippen LogP contribution in [0, 0.1) is 5.92 Å². The van der Waals surface area contributed by atoms with Crippen LogP contribution in [0.1, 0.15) is 33.1 Å². The summed E-state index contributed by atoms with van der Waals surface area (Å²) in [5, 5.41) is 0. The fourth-order valence-electron chi connectivity index (χ4n) is 2.44. The van der Waals surface area contributed by atoms with E-state index in [2.05, 4.69) is 20.1 Å². The lowest BCUT2D eigenvalue weighted by Crippen LogP contribution is -2.49. The van der Waals surface area contributed by atoms with E-state index in [0.717, 1.165) is 31.7 Å². The molecule has 0 aromatic rings. The Labute approximate surface area is 110 Å². The monoisotopic (exact) mass is 258 g/mol. The van der Waals surface area contributed by atoms with Gasteiger partial charge in [0.25, 0.3) is 0 Å². The van der Waals surface area contributed by atoms with Crippen molar-refractivity contribution in [1.82, 2.24) is 9.80 Å². The van der Waals surface area contributed by atoms with Crippen molar-refractivity contribution in [2.45, 2.75) is 39.2 Å². The summed E-state index contributed by atoms with van der Waals surface area (Å²) in [7, 11) is 1.95. The van der Waals surface area contributed by atoms with Gasteiger partial charge < -0.3 is 9.80 Å². The minimum Gasteiger partial charge on any atom is -0.324 e. The summed E-state index contributed by atoms with van der Waals surface area (Å²) in [6, 6.07) is 0.590. The highest BCUT2D eigenvalue weighted by Crippen LogP contribution is 2.18. The number of likely N-dealkylation sites (tertiary alicyclic amines) is 1. The average Bonchev–Trinajstić information content (AvgIpc) is 2.34. The van der Waals surface area contributed by atoms with Crippen LogP contribution in [-0.4, -0.2) is 54.0 Å². The van der Waals surface area contributed by atoms with Gasteiger partial charge in [-0.05, 0) is 31.4 Å². The van der Waals surface area contributed by atoms with Crippen LogP contribution in [0.15, 0.2) is 0 Å². The van der Waals surface area contributed by atoms with Crippen LogP contribution in [-0.2, 0) is 0 Å². The molecule has 0 N–H and O–H groups in total. The lowest BCUT2D eigenvalue weighted by Gasteiger charge is -2.36. The second-order valence-corrected chi connectivity index (χ2v) is 6.01. The molecule has 2 atom stereocenters. The summed E-state index contributed by atoms with van der Waals surface area (Å²) in [4.78, 5) is 16.3. The van der Waals surface area contributed by atoms with Crippen molar-refractivity contribution in [1.29, 1.82) is 0 Å². The van der Waals surface area contributed by atoms with Crippen LogP contribution >= 0.6 is 11.8 Å². The van der Waals surface area contributed by atoms with Gasteiger partial charge >= 0.3 is 6.03 Å². The Kier molecular flexibility index (Phi) is 6.17. The molecule has 0 aromatic carbocycles. The highest BCUT2D eigenvalue weighted by atomic mass is 32.2. The number of amides is 2. The first kappa shape index (κ1) is 14.7. The number of urea groups is 1. The number of hydrogen-bond acceptors (Lipinski definition) is 2. The Balaban J connectivity index is 2.54. The topological polar surface area (TPSA) is 23.6 Å². The molecule has 0 saturated carbocycles. The van der Waals surface area contributed by atoms with Crippen LogP contribution in [0.2, 0.25) is 0 Å². The van der Waals surface area contributed by atoms with E-state index in [1.807, 2.05) is 28.6 Å². The Morgan fingerprint density at radius 3 is 2.82 bits per heavy atom. The first-order valence-corrected chi connectivity index (χ1v) is 8.00. The molecule has 100 valence electrons. The average molecular weight is 258 g/mol. The van der Waals surface area contributed by atoms with Gasteiger partial charge in [-0.3, -0.25) is 0 Å². The third-order valence-corrected chi connectivity index (χ3v) is 4.33. The molecule has 0 bridgehead atoms. The second kappa shape index (κ2) is 7.14. The first-order valence-electron chi connectivity index (χ1n) is 6.60. The fraction of sp³-hybridized carbons (Fsp3) is 0.923. The molecule has 4 heteroatoms. The number of hydrogen-bond donors (Lipinski definition) is 0. The Morgan fingerprint density at radius 2 is 2.29 bits per heavy atom. The first-order chi connectivity index (χ1) is 8.10. The number of carbonyl (C=O) groups excluding carboxylic acids is 1. The zero-order valence-electron chi connectivity index (χ0n) is 11.6. The van der Waals surface area contributed by atoms with Crippen LogP contribution in [0.3, 0.4) is 0 Å². The predicted octanol–water partition coefficient (Wildman–Crippen LogP) is 2.91. The fourth-order valence-corrected chi connectivity index (χ4v) is 3.28. The molecule has 3 nitrogen and oxygen atoms in total. The summed E-state index contributed by atoms with van der Waals surface area (Å²) in [6.45, 7) is 6.25. The minimum absolute atomic E-state index is 0.220. The van der Waals surface area contributed by atoms with E-state index >= 15 is 0 Å². The summed E-state index contributed by atoms with van der Waals surface area (Å²) in [5.41, 5.74) is 0. The molecule has 17 heavy (non-hydrogen) atoms. The van der Waals surface area contributed by atoms with Gasteiger partial charge in [-0.15, -0.1) is 0 Å². The van der Waals surface area contributed by atoms with E-state index in [4.69, 9.17) is 0 Å². The number of carbonyl (C=O) groups is 1. The van der Waals surface area contributed by atoms with Crippen molar-refractivity contribution in [2.24, 2.45) is 5.92 Å². The Hall–Kier alpha value is -0.380. The van der Waals surface area contributed by atoms with E-state index in [9.17, 15) is 4.79 Å². The molecular formula is C13H26N2OS. The highest BCUT2D eigenvalue weighted by Gasteiger charge is 2.26. The maximum atomic E-state index is 12.4. The molecule has 1 aliphatic heterocycles. The zero-order chi connectivity index (χ0) is 12.8. The summed E-state index contributed by atoms with van der Waals surface area (Å²) < 4.78 is 0. The van der Waals surface area contributed by atoms with Gasteiger partial charge in [-0.1, -0.05) is 13.8 Å². The minimum atomic E-state index is 0.220. The molecule has 0 aromatic heterocycles. The molecule has 2 amide bonds. The normalized spacial score (nSPS) is 22.4. The lowest BCUT2D eigenvalue weighted by atomic mass is 10.0. The molecule has 1 rings (SSSR count). The Bertz CT molecular complexity index is 248. The standard InChI is InChI=1S/C13H26N2OS/c1-5-12(10-17-4)14(3)13(16)15-8-6-7-11(2)9-15/h11-12H,5-10H2,1-4H3. The van der Waals surface area contributed by atoms with Gasteiger partial charge in [-0.25, -0.2) is 4.79 Å². The summed E-state index contributed by atoms with van der Waals surface area (Å²) in [5.74, 6) is 1.68. The van der Waals surface area contributed by atoms with E-state index in [1.165, 1.54) is 6.42 Å². The molecular weight excluding hydrogens is 232 g/mol. The van der Waals surface area contributed by atoms with E-state index in [1.54, 1.807) is 0 Å². The molecule has 0 spiro atoms. The van der Waals surface area contributed by atoms with Crippen molar-refractivity contribution in [3.8, 4) is 0 Å². The van der Waals surface area contributed by atoms with Gasteiger partial charge in [0, 0.05) is 31.9 Å². The molecule has 0 aliphatic carbocycles. The summed E-state index contributed by atoms with van der Waals surface area (Å²) >= 11 is 1.81. The molecule has 0 radical (unpaired) electrons. The maximum absolute atomic E-state index is 12.4. The van der Waals surface area contributed by atoms with E-state index < -0.39 is 0 Å². The van der Waals surface area contributed by atoms with Gasteiger partial charge in [0.1, 0.15) is 0 Å². The Morgan fingerprint density at radius 1 is 1.59 bits per heavy atom. The van der Waals surface area contributed by atoms with Gasteiger partial charge in [0.05, 0.1) is 0 Å². The van der Waals surface area contributed by atoms with Crippen molar-refractivity contribution in [3.05, 3.63) is 0 Å². The molecule has 1 aliphatic rings. The largest absolute Gasteiger partial charge is 0.324 e. The lowest BCUT2D eigenvalue weighted by molar-refractivity contribution is 0.128. The smallest absolute Gasteiger partial charge is 0.320 e. The second-order valence-electron chi connectivity index (χ2n) is 5.10. The van der Waals surface area contributed by atoms with Crippen LogP contribution in [0.4, 0.5) is 4.79 Å². The molecule has 1 fully saturated rings. The van der Waals surface area contributed by atoms with Crippen molar-refractivity contribution in [2.75, 3.05) is 32.1 Å². The predicted molar refractivity (Wildman–Crippen MR) is 75.6 cm³/mol. The number of rotatable bonds is 4. The van der Waals surface area contributed by atoms with Crippen molar-refractivity contribution < 1.29 is 4.79 Å². The molecule has 1 heterocycles. The number of thioether (sulfide) groups is 1. The van der Waals surface area contributed by atoms with E-state index in [0.29, 0.717) is 12.0 Å². The molecule has 1 saturated heterocycles. The highest BCUT2D eigenvalue weighted by molar-refractivity contribution is 7.98. The van der Waals surface area contributed by atoms with Gasteiger partial charge in [0.15, 0.2) is 0 Å². The van der Waals surface area contributed by atoms with Crippen molar-refractivity contribution >= 4 is 17.8 Å². The van der Waals surface area contributed by atoms with Crippen LogP contribution < -0.4 is 0 Å². The number of nitrogens with zero attached hydrogens (tertiary/aromatic N) is 2. The van der Waals surface area contributed by atoms with Gasteiger partial charge in [-0.2, -0.15) is 11.8 Å². The van der Waals surface area contributed by atoms with Gasteiger partial charge in [0.2, 0.25) is 0 Å². The number of piperidine rings is 1. The van der Waals surface area contributed by atoms with Crippen LogP contribution in [0.5, 0.6) is 0 Å². The maximum Gasteiger partial charge on any atom is 0.320 e. The summed E-state index contributed by atoms with van der Waals surface area (Å²) in [6.07, 6.45) is 5.55. The SMILES string of the molecule is CCC(CSC)N(C)C(=O)N1CCCC(C)C1. The zero-order valence-corrected chi connectivity index (χ0v) is 12.4. The third-order valence-electron chi connectivity index (χ3n) is 3.61. The van der Waals surface area contributed by atoms with Crippen molar-refractivity contribution in [3.63, 3.8) is 0 Å². The van der Waals surface area contributed by atoms with Crippen LogP contribution in [0.25, 0.3) is 0 Å². The molecule has 2 unspecified atom stereocenters. The third kappa shape index (κ3) is 4.09.